The van der Waals surface area contributed by atoms with Gasteiger partial charge in [-0.25, -0.2) is 0 Å². The highest BCUT2D eigenvalue weighted by Crippen LogP contribution is 2.47. The molecule has 1 aliphatic carbocycles. The van der Waals surface area contributed by atoms with Crippen molar-refractivity contribution < 1.29 is 5.11 Å². The van der Waals surface area contributed by atoms with E-state index in [-0.39, 0.29) is 5.41 Å². The molecule has 2 rings (SSSR count). The summed E-state index contributed by atoms with van der Waals surface area (Å²) in [6.45, 7) is 4.89. The van der Waals surface area contributed by atoms with Crippen LogP contribution in [0.4, 0.5) is 0 Å². The van der Waals surface area contributed by atoms with Crippen molar-refractivity contribution in [2.45, 2.75) is 52.1 Å². The van der Waals surface area contributed by atoms with Gasteiger partial charge in [0.25, 0.3) is 0 Å². The molecule has 1 aromatic rings. The number of nitrogens with two attached hydrogens (primary N) is 1. The van der Waals surface area contributed by atoms with E-state index in [0.717, 1.165) is 34.4 Å². The lowest BCUT2D eigenvalue weighted by atomic mass is 9.65. The molecule has 0 amide bonds. The molecule has 0 radical (unpaired) electrons. The van der Waals surface area contributed by atoms with Crippen LogP contribution in [0, 0.1) is 18.3 Å². The summed E-state index contributed by atoms with van der Waals surface area (Å²) in [5.74, 6) is 0.813. The minimum atomic E-state index is -0.447. The Balaban J connectivity index is 2.20. The van der Waals surface area contributed by atoms with E-state index in [4.69, 9.17) is 5.73 Å². The van der Waals surface area contributed by atoms with E-state index in [1.54, 1.807) is 0 Å². The van der Waals surface area contributed by atoms with Crippen molar-refractivity contribution in [1.29, 1.82) is 0 Å². The summed E-state index contributed by atoms with van der Waals surface area (Å²) in [7, 11) is 0. The number of hydrogen-bond donors (Lipinski definition) is 2. The van der Waals surface area contributed by atoms with Gasteiger partial charge in [-0.15, -0.1) is 0 Å². The van der Waals surface area contributed by atoms with E-state index < -0.39 is 6.10 Å². The summed E-state index contributed by atoms with van der Waals surface area (Å²) in [4.78, 5) is 0. The van der Waals surface area contributed by atoms with Crippen LogP contribution in [0.25, 0.3) is 0 Å². The van der Waals surface area contributed by atoms with Crippen LogP contribution < -0.4 is 5.73 Å². The number of aryl methyl sites for hydroxylation is 1. The zero-order chi connectivity index (χ0) is 14.8. The maximum Gasteiger partial charge on any atom is 0.0858 e. The van der Waals surface area contributed by atoms with E-state index in [1.165, 1.54) is 19.3 Å². The van der Waals surface area contributed by atoms with Crippen LogP contribution in [-0.2, 0) is 0 Å². The number of benzene rings is 1. The highest BCUT2D eigenvalue weighted by molar-refractivity contribution is 9.10. The molecule has 0 aliphatic heterocycles. The highest BCUT2D eigenvalue weighted by Gasteiger charge is 2.40. The number of hydrogen-bond acceptors (Lipinski definition) is 2. The van der Waals surface area contributed by atoms with Crippen LogP contribution in [0.15, 0.2) is 22.7 Å². The van der Waals surface area contributed by atoms with Crippen molar-refractivity contribution in [2.75, 3.05) is 6.54 Å². The molecule has 1 atom stereocenters. The van der Waals surface area contributed by atoms with Gasteiger partial charge >= 0.3 is 0 Å². The van der Waals surface area contributed by atoms with Gasteiger partial charge in [-0.3, -0.25) is 0 Å². The molecule has 1 fully saturated rings. The molecule has 112 valence electrons. The third kappa shape index (κ3) is 3.10. The Bertz CT molecular complexity index is 452. The minimum absolute atomic E-state index is 0.133. The fourth-order valence-corrected chi connectivity index (χ4v) is 3.69. The molecule has 1 saturated carbocycles. The summed E-state index contributed by atoms with van der Waals surface area (Å²) in [5, 5.41) is 10.9. The van der Waals surface area contributed by atoms with Crippen LogP contribution in [0.1, 0.15) is 56.3 Å². The van der Waals surface area contributed by atoms with Crippen LogP contribution in [0.5, 0.6) is 0 Å². The summed E-state index contributed by atoms with van der Waals surface area (Å²) in [6, 6.07) is 6.12. The van der Waals surface area contributed by atoms with Gasteiger partial charge in [0, 0.05) is 16.4 Å². The topological polar surface area (TPSA) is 46.2 Å². The van der Waals surface area contributed by atoms with Gasteiger partial charge < -0.3 is 10.8 Å². The summed E-state index contributed by atoms with van der Waals surface area (Å²) < 4.78 is 1.09. The first-order valence-electron chi connectivity index (χ1n) is 7.66. The van der Waals surface area contributed by atoms with Crippen LogP contribution in [0.2, 0.25) is 0 Å². The molecule has 0 heterocycles. The molecular formula is C17H26BrNO. The van der Waals surface area contributed by atoms with Crippen molar-refractivity contribution in [3.63, 3.8) is 0 Å². The zero-order valence-corrected chi connectivity index (χ0v) is 14.1. The minimum Gasteiger partial charge on any atom is -0.388 e. The van der Waals surface area contributed by atoms with Crippen molar-refractivity contribution in [3.8, 4) is 0 Å². The summed E-state index contributed by atoms with van der Waals surface area (Å²) in [6.07, 6.45) is 5.27. The van der Waals surface area contributed by atoms with E-state index >= 15 is 0 Å². The average Bonchev–Trinajstić information content (AvgIpc) is 2.49. The van der Waals surface area contributed by atoms with Gasteiger partial charge in [-0.05, 0) is 55.7 Å². The lowest BCUT2D eigenvalue weighted by Crippen LogP contribution is -2.40. The first kappa shape index (κ1) is 16.0. The Kier molecular flexibility index (Phi) is 5.27. The molecule has 3 heteroatoms. The Hall–Kier alpha value is -0.380. The number of halogens is 1. The Morgan fingerprint density at radius 3 is 2.55 bits per heavy atom. The molecule has 1 unspecified atom stereocenters. The molecule has 3 N–H and O–H groups in total. The fraction of sp³-hybridized carbons (Fsp3) is 0.647. The normalized spacial score (nSPS) is 28.4. The molecule has 0 saturated heterocycles. The first-order valence-corrected chi connectivity index (χ1v) is 8.46. The fourth-order valence-electron chi connectivity index (χ4n) is 3.44. The largest absolute Gasteiger partial charge is 0.388 e. The monoisotopic (exact) mass is 339 g/mol. The zero-order valence-electron chi connectivity index (χ0n) is 12.5. The number of rotatable bonds is 4. The van der Waals surface area contributed by atoms with Crippen molar-refractivity contribution >= 4 is 15.9 Å². The van der Waals surface area contributed by atoms with Crippen LogP contribution in [-0.4, -0.2) is 11.7 Å². The third-order valence-electron chi connectivity index (χ3n) is 5.16. The van der Waals surface area contributed by atoms with E-state index in [9.17, 15) is 5.11 Å². The summed E-state index contributed by atoms with van der Waals surface area (Å²) >= 11 is 3.52. The predicted octanol–water partition coefficient (Wildman–Crippen LogP) is 4.34. The van der Waals surface area contributed by atoms with Gasteiger partial charge in [0.15, 0.2) is 0 Å². The second-order valence-electron chi connectivity index (χ2n) is 6.33. The lowest BCUT2D eigenvalue weighted by Gasteiger charge is -2.43. The molecule has 0 aromatic heterocycles. The molecule has 0 bridgehead atoms. The van der Waals surface area contributed by atoms with Crippen molar-refractivity contribution in [1.82, 2.24) is 0 Å². The van der Waals surface area contributed by atoms with Crippen LogP contribution in [0.3, 0.4) is 0 Å². The Morgan fingerprint density at radius 1 is 1.40 bits per heavy atom. The van der Waals surface area contributed by atoms with Gasteiger partial charge in [0.2, 0.25) is 0 Å². The van der Waals surface area contributed by atoms with E-state index in [2.05, 4.69) is 35.8 Å². The lowest BCUT2D eigenvalue weighted by molar-refractivity contribution is -0.0103. The van der Waals surface area contributed by atoms with Gasteiger partial charge in [-0.2, -0.15) is 0 Å². The number of aliphatic hydroxyl groups is 1. The summed E-state index contributed by atoms with van der Waals surface area (Å²) in [5.41, 5.74) is 8.10. The van der Waals surface area contributed by atoms with Crippen molar-refractivity contribution in [2.24, 2.45) is 17.1 Å². The molecular weight excluding hydrogens is 314 g/mol. The van der Waals surface area contributed by atoms with Gasteiger partial charge in [-0.1, -0.05) is 41.4 Å². The molecule has 0 spiro atoms. The highest BCUT2D eigenvalue weighted by atomic mass is 79.9. The quantitative estimate of drug-likeness (QED) is 0.857. The SMILES string of the molecule is CCC1CCC(CN)(C(O)c2ccc(Br)c(C)c2)CC1. The maximum absolute atomic E-state index is 10.9. The molecule has 2 nitrogen and oxygen atoms in total. The van der Waals surface area contributed by atoms with Crippen LogP contribution >= 0.6 is 15.9 Å². The predicted molar refractivity (Wildman–Crippen MR) is 87.6 cm³/mol. The molecule has 20 heavy (non-hydrogen) atoms. The Labute approximate surface area is 130 Å². The standard InChI is InChI=1S/C17H26BrNO/c1-3-13-6-8-17(11-19,9-7-13)16(20)14-4-5-15(18)12(2)10-14/h4-5,10,13,16,20H,3,6-9,11,19H2,1-2H3. The second kappa shape index (κ2) is 6.59. The maximum atomic E-state index is 10.9. The third-order valence-corrected chi connectivity index (χ3v) is 6.05. The molecule has 1 aliphatic rings. The molecule has 1 aromatic carbocycles. The van der Waals surface area contributed by atoms with E-state index in [0.29, 0.717) is 6.54 Å². The average molecular weight is 340 g/mol. The first-order chi connectivity index (χ1) is 9.52. The number of aliphatic hydroxyl groups excluding tert-OH is 1. The smallest absolute Gasteiger partial charge is 0.0858 e. The Morgan fingerprint density at radius 2 is 2.05 bits per heavy atom. The second-order valence-corrected chi connectivity index (χ2v) is 7.18. The van der Waals surface area contributed by atoms with Gasteiger partial charge in [0.1, 0.15) is 0 Å². The van der Waals surface area contributed by atoms with Gasteiger partial charge in [0.05, 0.1) is 6.10 Å². The van der Waals surface area contributed by atoms with E-state index in [1.807, 2.05) is 12.1 Å². The van der Waals surface area contributed by atoms with Crippen molar-refractivity contribution in [3.05, 3.63) is 33.8 Å².